The number of unbranched alkanes of at least 4 members (excludes halogenated alkanes) is 4. The van der Waals surface area contributed by atoms with Gasteiger partial charge in [-0.2, -0.15) is 0 Å². The lowest BCUT2D eigenvalue weighted by atomic mass is 9.76. The molecule has 0 radical (unpaired) electrons. The summed E-state index contributed by atoms with van der Waals surface area (Å²) in [5.41, 5.74) is 3.39. The normalized spacial score (nSPS) is 14.1. The molecule has 0 N–H and O–H groups in total. The van der Waals surface area contributed by atoms with Crippen LogP contribution in [-0.2, 0) is 10.3 Å². The molecule has 210 valence electrons. The highest BCUT2D eigenvalue weighted by Gasteiger charge is 2.50. The van der Waals surface area contributed by atoms with Gasteiger partial charge in [0.05, 0.1) is 26.5 Å². The number of aliphatic imine (C=N–C) groups is 1. The molecular formula is C35H35NO5. The number of hydrogen-bond acceptors (Lipinski definition) is 6. The van der Waals surface area contributed by atoms with Gasteiger partial charge in [-0.1, -0.05) is 50.8 Å². The third-order valence-corrected chi connectivity index (χ3v) is 7.73. The van der Waals surface area contributed by atoms with Crippen LogP contribution in [0.25, 0.3) is 0 Å². The van der Waals surface area contributed by atoms with Gasteiger partial charge in [-0.25, -0.2) is 4.99 Å². The minimum atomic E-state index is -0.997. The number of ether oxygens (including phenoxy) is 5. The molecule has 6 nitrogen and oxygen atoms in total. The van der Waals surface area contributed by atoms with E-state index >= 15 is 0 Å². The second kappa shape index (κ2) is 11.6. The van der Waals surface area contributed by atoms with Crippen LogP contribution in [0.1, 0.15) is 61.3 Å². The lowest BCUT2D eigenvalue weighted by molar-refractivity contribution is 0.124. The predicted octanol–water partition coefficient (Wildman–Crippen LogP) is 8.56. The van der Waals surface area contributed by atoms with E-state index in [1.165, 1.54) is 25.7 Å². The number of nitrogens with zero attached hydrogens (tertiary/aromatic N) is 1. The summed E-state index contributed by atoms with van der Waals surface area (Å²) in [6.07, 6.45) is 6.04. The van der Waals surface area contributed by atoms with E-state index in [1.807, 2.05) is 78.9 Å². The van der Waals surface area contributed by atoms with Crippen LogP contribution < -0.4 is 18.9 Å². The topological polar surface area (TPSA) is 58.5 Å². The van der Waals surface area contributed by atoms with Crippen molar-refractivity contribution in [2.75, 3.05) is 20.8 Å². The summed E-state index contributed by atoms with van der Waals surface area (Å²) in [4.78, 5) is 4.98. The van der Waals surface area contributed by atoms with Crippen molar-refractivity contribution in [2.24, 2.45) is 4.99 Å². The van der Waals surface area contributed by atoms with Crippen molar-refractivity contribution in [3.63, 3.8) is 0 Å². The quantitative estimate of drug-likeness (QED) is 0.186. The summed E-state index contributed by atoms with van der Waals surface area (Å²) in [5.74, 6) is 4.08. The van der Waals surface area contributed by atoms with Crippen LogP contribution in [0.2, 0.25) is 0 Å². The summed E-state index contributed by atoms with van der Waals surface area (Å²) >= 11 is 0. The largest absolute Gasteiger partial charge is 0.497 e. The van der Waals surface area contributed by atoms with Crippen molar-refractivity contribution in [1.82, 2.24) is 0 Å². The van der Waals surface area contributed by atoms with Gasteiger partial charge in [0.25, 0.3) is 0 Å². The monoisotopic (exact) mass is 549 g/mol. The molecule has 0 fully saturated rings. The van der Waals surface area contributed by atoms with E-state index in [9.17, 15) is 0 Å². The summed E-state index contributed by atoms with van der Waals surface area (Å²) in [6, 6.07) is 27.8. The van der Waals surface area contributed by atoms with Gasteiger partial charge in [0.15, 0.2) is 5.60 Å². The number of methoxy groups -OCH3 is 2. The Balaban J connectivity index is 1.39. The van der Waals surface area contributed by atoms with Gasteiger partial charge < -0.3 is 23.7 Å². The Morgan fingerprint density at radius 2 is 1.32 bits per heavy atom. The molecule has 2 heterocycles. The Morgan fingerprint density at radius 3 is 1.98 bits per heavy atom. The highest BCUT2D eigenvalue weighted by Crippen LogP contribution is 2.57. The van der Waals surface area contributed by atoms with Crippen LogP contribution in [0.15, 0.2) is 89.9 Å². The van der Waals surface area contributed by atoms with Gasteiger partial charge in [0, 0.05) is 34.4 Å². The molecule has 0 unspecified atom stereocenters. The summed E-state index contributed by atoms with van der Waals surface area (Å²) in [7, 11) is 3.29. The lowest BCUT2D eigenvalue weighted by Crippen LogP contribution is -2.40. The van der Waals surface area contributed by atoms with Crippen molar-refractivity contribution in [2.45, 2.75) is 44.6 Å². The fraction of sp³-hybridized carbons (Fsp3) is 0.286. The van der Waals surface area contributed by atoms with Gasteiger partial charge in [-0.05, 0) is 61.0 Å². The fourth-order valence-electron chi connectivity index (χ4n) is 5.59. The minimum Gasteiger partial charge on any atom is -0.497 e. The molecule has 0 saturated carbocycles. The second-order valence-corrected chi connectivity index (χ2v) is 10.3. The Morgan fingerprint density at radius 1 is 0.683 bits per heavy atom. The molecule has 4 aromatic carbocycles. The highest BCUT2D eigenvalue weighted by molar-refractivity contribution is 5.98. The van der Waals surface area contributed by atoms with Crippen LogP contribution in [0.5, 0.6) is 28.7 Å². The van der Waals surface area contributed by atoms with Gasteiger partial charge in [0.1, 0.15) is 28.7 Å². The number of para-hydroxylation sites is 1. The molecule has 0 bridgehead atoms. The predicted molar refractivity (Wildman–Crippen MR) is 160 cm³/mol. The van der Waals surface area contributed by atoms with Crippen LogP contribution in [0.4, 0.5) is 5.69 Å². The second-order valence-electron chi connectivity index (χ2n) is 10.3. The standard InChI is InChI=1S/C35H35NO5/c1-4-5-6-7-10-21-39-25-15-13-24(14-16-25)34-36-31-12-9-8-11-28(31)35(41-34)29-19-17-26(37-2)22-32(29)40-33-23-27(38-3)18-20-30(33)35/h8-9,11-20,22-23H,4-7,10,21H2,1-3H3. The lowest BCUT2D eigenvalue weighted by Gasteiger charge is -2.43. The molecule has 41 heavy (non-hydrogen) atoms. The Hall–Kier alpha value is -4.45. The first kappa shape index (κ1) is 26.8. The zero-order chi connectivity index (χ0) is 28.2. The van der Waals surface area contributed by atoms with Crippen molar-refractivity contribution < 1.29 is 23.7 Å². The molecule has 6 heteroatoms. The van der Waals surface area contributed by atoms with Crippen molar-refractivity contribution >= 4 is 11.6 Å². The van der Waals surface area contributed by atoms with Crippen molar-refractivity contribution in [3.8, 4) is 28.7 Å². The van der Waals surface area contributed by atoms with Gasteiger partial charge in [0.2, 0.25) is 5.90 Å². The molecule has 0 saturated heterocycles. The first-order valence-electron chi connectivity index (χ1n) is 14.3. The minimum absolute atomic E-state index is 0.528. The van der Waals surface area contributed by atoms with Crippen molar-refractivity contribution in [1.29, 1.82) is 0 Å². The van der Waals surface area contributed by atoms with Crippen LogP contribution in [-0.4, -0.2) is 26.7 Å². The van der Waals surface area contributed by atoms with E-state index in [0.29, 0.717) is 28.9 Å². The molecule has 4 aromatic rings. The van der Waals surface area contributed by atoms with Crippen LogP contribution in [0, 0.1) is 0 Å². The van der Waals surface area contributed by atoms with Crippen LogP contribution >= 0.6 is 0 Å². The summed E-state index contributed by atoms with van der Waals surface area (Å²) in [6.45, 7) is 2.95. The molecule has 0 aromatic heterocycles. The molecular weight excluding hydrogens is 514 g/mol. The fourth-order valence-corrected chi connectivity index (χ4v) is 5.59. The number of hydrogen-bond donors (Lipinski definition) is 0. The Bertz CT molecular complexity index is 1510. The highest BCUT2D eigenvalue weighted by atomic mass is 16.5. The maximum Gasteiger partial charge on any atom is 0.222 e. The average molecular weight is 550 g/mol. The average Bonchev–Trinajstić information content (AvgIpc) is 3.02. The van der Waals surface area contributed by atoms with E-state index in [-0.39, 0.29) is 0 Å². The van der Waals surface area contributed by atoms with Gasteiger partial charge in [-0.15, -0.1) is 0 Å². The number of fused-ring (bicyclic) bond motifs is 6. The Kier molecular flexibility index (Phi) is 7.55. The Labute approximate surface area is 241 Å². The molecule has 2 aliphatic rings. The third kappa shape index (κ3) is 4.99. The van der Waals surface area contributed by atoms with E-state index in [2.05, 4.69) is 13.0 Å². The van der Waals surface area contributed by atoms with E-state index < -0.39 is 5.60 Å². The molecule has 1 spiro atoms. The number of benzene rings is 4. The molecule has 0 atom stereocenters. The molecule has 6 rings (SSSR count). The van der Waals surface area contributed by atoms with Crippen molar-refractivity contribution in [3.05, 3.63) is 107 Å². The number of rotatable bonds is 10. The summed E-state index contributed by atoms with van der Waals surface area (Å²) in [5, 5.41) is 0. The van der Waals surface area contributed by atoms with Gasteiger partial charge >= 0.3 is 0 Å². The van der Waals surface area contributed by atoms with Gasteiger partial charge in [-0.3, -0.25) is 0 Å². The SMILES string of the molecule is CCCCCCCOc1ccc(C2=Nc3ccccc3C3(O2)c2ccc(OC)cc2Oc2cc(OC)ccc23)cc1. The molecule has 0 amide bonds. The molecule has 2 aliphatic heterocycles. The first-order valence-corrected chi connectivity index (χ1v) is 14.3. The zero-order valence-electron chi connectivity index (χ0n) is 23.8. The van der Waals surface area contributed by atoms with E-state index in [4.69, 9.17) is 28.7 Å². The molecule has 0 aliphatic carbocycles. The van der Waals surface area contributed by atoms with Crippen LogP contribution in [0.3, 0.4) is 0 Å². The smallest absolute Gasteiger partial charge is 0.222 e. The maximum absolute atomic E-state index is 7.05. The van der Waals surface area contributed by atoms with E-state index in [1.54, 1.807) is 14.2 Å². The summed E-state index contributed by atoms with van der Waals surface area (Å²) < 4.78 is 30.6. The zero-order valence-corrected chi connectivity index (χ0v) is 23.8. The maximum atomic E-state index is 7.05. The first-order chi connectivity index (χ1) is 20.2. The third-order valence-electron chi connectivity index (χ3n) is 7.73. The van der Waals surface area contributed by atoms with E-state index in [0.717, 1.165) is 46.7 Å².